The molecule has 2 heterocycles. The molecule has 0 saturated carbocycles. The third-order valence-electron chi connectivity index (χ3n) is 3.53. The fourth-order valence-electron chi connectivity index (χ4n) is 2.53. The molecule has 3 rings (SSSR count). The van der Waals surface area contributed by atoms with E-state index in [1.165, 1.54) is 6.39 Å². The summed E-state index contributed by atoms with van der Waals surface area (Å²) in [4.78, 5) is 31.2. The van der Waals surface area contributed by atoms with E-state index in [4.69, 9.17) is 10.2 Å². The summed E-state index contributed by atoms with van der Waals surface area (Å²) in [5.41, 5.74) is 7.70. The van der Waals surface area contributed by atoms with Crippen molar-refractivity contribution in [2.75, 3.05) is 0 Å². The van der Waals surface area contributed by atoms with Crippen LogP contribution in [-0.4, -0.2) is 22.4 Å². The molecule has 2 N–H and O–H groups in total. The van der Waals surface area contributed by atoms with E-state index in [2.05, 4.69) is 9.98 Å². The number of hydrogen-bond donors (Lipinski definition) is 1. The van der Waals surface area contributed by atoms with Crippen molar-refractivity contribution >= 4 is 17.4 Å². The number of aromatic nitrogens is 1. The number of carbonyl (C=O) groups is 2. The maximum atomic E-state index is 11.8. The minimum atomic E-state index is -0.935. The largest absolute Gasteiger partial charge is 0.442 e. The van der Waals surface area contributed by atoms with Gasteiger partial charge in [-0.2, -0.15) is 0 Å². The molecule has 1 aromatic heterocycles. The number of rotatable bonds is 4. The first-order chi connectivity index (χ1) is 10.2. The summed E-state index contributed by atoms with van der Waals surface area (Å²) in [6.07, 6.45) is 2.84. The second-order valence-corrected chi connectivity index (χ2v) is 4.81. The Labute approximate surface area is 120 Å². The van der Waals surface area contributed by atoms with Gasteiger partial charge in [0, 0.05) is 12.3 Å². The van der Waals surface area contributed by atoms with Gasteiger partial charge in [-0.15, -0.1) is 0 Å². The topological polar surface area (TPSA) is 98.6 Å². The van der Waals surface area contributed by atoms with Gasteiger partial charge in [0.15, 0.2) is 12.2 Å². The van der Waals surface area contributed by atoms with Crippen LogP contribution in [-0.2, 0) is 16.1 Å². The molecule has 1 atom stereocenters. The SMILES string of the molecule is NC(=O)C(=O)CC1C(c2cnco2)=NCc2ccccc21. The van der Waals surface area contributed by atoms with Gasteiger partial charge in [0.2, 0.25) is 5.78 Å². The summed E-state index contributed by atoms with van der Waals surface area (Å²) in [6, 6.07) is 7.70. The van der Waals surface area contributed by atoms with Gasteiger partial charge in [-0.3, -0.25) is 14.6 Å². The number of aliphatic imine (C=N–C) groups is 1. The van der Waals surface area contributed by atoms with Crippen LogP contribution >= 0.6 is 0 Å². The second-order valence-electron chi connectivity index (χ2n) is 4.81. The van der Waals surface area contributed by atoms with E-state index < -0.39 is 11.7 Å². The lowest BCUT2D eigenvalue weighted by Crippen LogP contribution is -2.29. The third-order valence-corrected chi connectivity index (χ3v) is 3.53. The number of nitrogens with zero attached hydrogens (tertiary/aromatic N) is 2. The van der Waals surface area contributed by atoms with Crippen molar-refractivity contribution in [3.63, 3.8) is 0 Å². The molecule has 0 spiro atoms. The molecule has 6 nitrogen and oxygen atoms in total. The molecule has 0 bridgehead atoms. The minimum absolute atomic E-state index is 0.0219. The van der Waals surface area contributed by atoms with E-state index in [-0.39, 0.29) is 12.3 Å². The molecule has 6 heteroatoms. The normalized spacial score (nSPS) is 17.0. The van der Waals surface area contributed by atoms with Gasteiger partial charge in [0.25, 0.3) is 5.91 Å². The molecule has 2 aromatic rings. The Balaban J connectivity index is 2.02. The quantitative estimate of drug-likeness (QED) is 0.852. The summed E-state index contributed by atoms with van der Waals surface area (Å²) in [5, 5.41) is 0. The zero-order valence-corrected chi connectivity index (χ0v) is 11.2. The van der Waals surface area contributed by atoms with Gasteiger partial charge in [0.05, 0.1) is 18.5 Å². The van der Waals surface area contributed by atoms with Crippen molar-refractivity contribution in [1.82, 2.24) is 4.98 Å². The molecule has 0 fully saturated rings. The minimum Gasteiger partial charge on any atom is -0.442 e. The zero-order valence-electron chi connectivity index (χ0n) is 11.2. The standard InChI is InChI=1S/C15H13N3O3/c16-15(20)12(19)5-11-10-4-2-1-3-9(10)6-18-14(11)13-7-17-8-21-13/h1-4,7-8,11H,5-6H2,(H2,16,20). The first-order valence-electron chi connectivity index (χ1n) is 6.50. The summed E-state index contributed by atoms with van der Waals surface area (Å²) in [5.74, 6) is -1.39. The number of amides is 1. The van der Waals surface area contributed by atoms with Gasteiger partial charge in [-0.05, 0) is 11.1 Å². The average molecular weight is 283 g/mol. The van der Waals surface area contributed by atoms with Crippen molar-refractivity contribution < 1.29 is 14.0 Å². The van der Waals surface area contributed by atoms with E-state index in [1.807, 2.05) is 24.3 Å². The monoisotopic (exact) mass is 283 g/mol. The van der Waals surface area contributed by atoms with Gasteiger partial charge >= 0.3 is 0 Å². The fourth-order valence-corrected chi connectivity index (χ4v) is 2.53. The molecule has 1 aromatic carbocycles. The zero-order chi connectivity index (χ0) is 14.8. The van der Waals surface area contributed by atoms with E-state index in [9.17, 15) is 9.59 Å². The van der Waals surface area contributed by atoms with Crippen LogP contribution in [0.4, 0.5) is 0 Å². The first kappa shape index (κ1) is 13.2. The second kappa shape index (κ2) is 5.32. The number of benzene rings is 1. The van der Waals surface area contributed by atoms with Crippen molar-refractivity contribution in [3.8, 4) is 0 Å². The highest BCUT2D eigenvalue weighted by molar-refractivity contribution is 6.36. The summed E-state index contributed by atoms with van der Waals surface area (Å²) < 4.78 is 5.29. The maximum absolute atomic E-state index is 11.8. The van der Waals surface area contributed by atoms with Gasteiger partial charge < -0.3 is 10.2 Å². The molecule has 21 heavy (non-hydrogen) atoms. The Bertz CT molecular complexity index is 720. The number of fused-ring (bicyclic) bond motifs is 1. The van der Waals surface area contributed by atoms with Crippen molar-refractivity contribution in [2.24, 2.45) is 10.7 Å². The van der Waals surface area contributed by atoms with Gasteiger partial charge in [-0.1, -0.05) is 24.3 Å². The Morgan fingerprint density at radius 3 is 2.86 bits per heavy atom. The number of nitrogens with two attached hydrogens (primary N) is 1. The predicted molar refractivity (Wildman–Crippen MR) is 74.7 cm³/mol. The van der Waals surface area contributed by atoms with Crippen LogP contribution < -0.4 is 5.73 Å². The summed E-state index contributed by atoms with van der Waals surface area (Å²) >= 11 is 0. The van der Waals surface area contributed by atoms with Crippen LogP contribution in [0.2, 0.25) is 0 Å². The molecule has 1 aliphatic rings. The number of ketones is 1. The number of oxazole rings is 1. The lowest BCUT2D eigenvalue weighted by atomic mass is 9.83. The smallest absolute Gasteiger partial charge is 0.284 e. The molecule has 0 aliphatic carbocycles. The van der Waals surface area contributed by atoms with E-state index in [0.717, 1.165) is 11.1 Å². The molecular formula is C15H13N3O3. The lowest BCUT2D eigenvalue weighted by Gasteiger charge is -2.24. The number of Topliss-reactive ketones (excluding diaryl/α,β-unsaturated/α-hetero) is 1. The van der Waals surface area contributed by atoms with Gasteiger partial charge in [0.1, 0.15) is 0 Å². The van der Waals surface area contributed by atoms with Crippen LogP contribution in [0.25, 0.3) is 0 Å². The summed E-state index contributed by atoms with van der Waals surface area (Å²) in [7, 11) is 0. The Morgan fingerprint density at radius 1 is 1.33 bits per heavy atom. The molecule has 1 unspecified atom stereocenters. The van der Waals surface area contributed by atoms with E-state index in [1.54, 1.807) is 6.20 Å². The number of hydrogen-bond acceptors (Lipinski definition) is 5. The first-order valence-corrected chi connectivity index (χ1v) is 6.50. The maximum Gasteiger partial charge on any atom is 0.284 e. The highest BCUT2D eigenvalue weighted by atomic mass is 16.3. The van der Waals surface area contributed by atoms with E-state index >= 15 is 0 Å². The molecule has 0 radical (unpaired) electrons. The van der Waals surface area contributed by atoms with Crippen LogP contribution in [0.15, 0.2) is 46.3 Å². The van der Waals surface area contributed by atoms with Crippen LogP contribution in [0, 0.1) is 0 Å². The average Bonchev–Trinajstić information content (AvgIpc) is 3.01. The van der Waals surface area contributed by atoms with Crippen LogP contribution in [0.3, 0.4) is 0 Å². The Hall–Kier alpha value is -2.76. The molecule has 1 amide bonds. The van der Waals surface area contributed by atoms with Crippen molar-refractivity contribution in [2.45, 2.75) is 18.9 Å². The molecule has 106 valence electrons. The highest BCUT2D eigenvalue weighted by Gasteiger charge is 2.30. The molecule has 0 saturated heterocycles. The van der Waals surface area contributed by atoms with Crippen LogP contribution in [0.5, 0.6) is 0 Å². The van der Waals surface area contributed by atoms with E-state index in [0.29, 0.717) is 18.0 Å². The Kier molecular flexibility index (Phi) is 3.35. The van der Waals surface area contributed by atoms with Gasteiger partial charge in [-0.25, -0.2) is 4.98 Å². The summed E-state index contributed by atoms with van der Waals surface area (Å²) in [6.45, 7) is 0.507. The number of carbonyl (C=O) groups excluding carboxylic acids is 2. The number of primary amides is 1. The highest BCUT2D eigenvalue weighted by Crippen LogP contribution is 2.32. The molecular weight excluding hydrogens is 270 g/mol. The predicted octanol–water partition coefficient (Wildman–Crippen LogP) is 1.21. The third kappa shape index (κ3) is 2.47. The van der Waals surface area contributed by atoms with Crippen molar-refractivity contribution in [3.05, 3.63) is 53.7 Å². The van der Waals surface area contributed by atoms with Crippen LogP contribution in [0.1, 0.15) is 29.2 Å². The molecule has 1 aliphatic heterocycles. The fraction of sp³-hybridized carbons (Fsp3) is 0.200. The Morgan fingerprint density at radius 2 is 2.14 bits per heavy atom. The lowest BCUT2D eigenvalue weighted by molar-refractivity contribution is -0.136. The van der Waals surface area contributed by atoms with Crippen molar-refractivity contribution in [1.29, 1.82) is 0 Å².